The molecule has 1 saturated heterocycles. The number of nitrogens with one attached hydrogen (secondary N) is 1. The van der Waals surface area contributed by atoms with Gasteiger partial charge in [-0.25, -0.2) is 0 Å². The van der Waals surface area contributed by atoms with Crippen molar-refractivity contribution in [2.75, 3.05) is 32.7 Å². The molecule has 0 atom stereocenters. The summed E-state index contributed by atoms with van der Waals surface area (Å²) in [6.45, 7) is 14.8. The summed E-state index contributed by atoms with van der Waals surface area (Å²) in [5.74, 6) is -0.265. The lowest BCUT2D eigenvalue weighted by Gasteiger charge is -2.35. The van der Waals surface area contributed by atoms with Crippen LogP contribution in [0.2, 0.25) is 0 Å². The molecule has 2 aliphatic rings. The number of aromatic amines is 1. The van der Waals surface area contributed by atoms with E-state index in [1.165, 1.54) is 44.8 Å². The molecule has 3 amide bonds. The third-order valence-electron chi connectivity index (χ3n) is 7.02. The van der Waals surface area contributed by atoms with Gasteiger partial charge in [-0.15, -0.1) is 0 Å². The number of hydrogen-bond donors (Lipinski definition) is 2. The summed E-state index contributed by atoms with van der Waals surface area (Å²) in [6.07, 6.45) is 4.28. The summed E-state index contributed by atoms with van der Waals surface area (Å²) in [6, 6.07) is 3.86. The number of imide groups is 1. The molecule has 0 spiro atoms. The largest absolute Gasteiger partial charge is 0.870 e. The minimum Gasteiger partial charge on any atom is -0.870 e. The second-order valence-corrected chi connectivity index (χ2v) is 13.6. The van der Waals surface area contributed by atoms with Gasteiger partial charge in [0, 0.05) is 86.1 Å². The lowest BCUT2D eigenvalue weighted by molar-refractivity contribution is -0.138. The lowest BCUT2D eigenvalue weighted by Crippen LogP contribution is -2.48. The highest BCUT2D eigenvalue weighted by atomic mass is 32.2. The van der Waals surface area contributed by atoms with Gasteiger partial charge in [0.05, 0.1) is 5.52 Å². The Labute approximate surface area is 234 Å². The Hall–Kier alpha value is -2.82. The number of fused-ring (bicyclic) bond motifs is 1. The maximum atomic E-state index is 12.7. The molecule has 10 heteroatoms. The first-order valence-electron chi connectivity index (χ1n) is 13.5. The molecule has 0 radical (unpaired) electrons. The fourth-order valence-electron chi connectivity index (χ4n) is 5.17. The zero-order valence-corrected chi connectivity index (χ0v) is 24.6. The Kier molecular flexibility index (Phi) is 9.90. The zero-order valence-electron chi connectivity index (χ0n) is 23.7. The van der Waals surface area contributed by atoms with Gasteiger partial charge in [-0.1, -0.05) is 20.8 Å². The van der Waals surface area contributed by atoms with E-state index < -0.39 is 0 Å². The maximum absolute atomic E-state index is 12.7. The smallest absolute Gasteiger partial charge is 0.253 e. The van der Waals surface area contributed by atoms with Crippen molar-refractivity contribution in [3.05, 3.63) is 35.4 Å². The van der Waals surface area contributed by atoms with E-state index in [4.69, 9.17) is 0 Å². The van der Waals surface area contributed by atoms with Gasteiger partial charge in [0.25, 0.3) is 11.8 Å². The zero-order chi connectivity index (χ0) is 27.6. The number of amides is 3. The van der Waals surface area contributed by atoms with Gasteiger partial charge in [0.2, 0.25) is 10.9 Å². The average molecular weight is 559 g/mol. The number of phenolic OH excluding ortho intramolecular Hbond substituents is 1. The number of aromatic hydroxyl groups is 1. The second kappa shape index (κ2) is 12.6. The molecule has 39 heavy (non-hydrogen) atoms. The molecule has 4 rings (SSSR count). The molecule has 1 aromatic heterocycles. The number of rotatable bonds is 9. The van der Waals surface area contributed by atoms with Crippen molar-refractivity contribution in [1.82, 2.24) is 19.7 Å². The predicted octanol–water partition coefficient (Wildman–Crippen LogP) is 3.22. The third-order valence-corrected chi connectivity index (χ3v) is 8.17. The SMILES string of the molecule is CC(C)[SH+]c1[nH]c2c(CN3CCN(C(=O)CCCN4C(=O)C=CC4=O)CC3)c(O)ccc2c1CC(C)(C)C.[OH-]. The molecule has 0 aliphatic carbocycles. The number of thiol groups is 1. The Bertz CT molecular complexity index is 1220. The quantitative estimate of drug-likeness (QED) is 0.276. The number of phenols is 1. The summed E-state index contributed by atoms with van der Waals surface area (Å²) in [5, 5.41) is 13.8. The summed E-state index contributed by atoms with van der Waals surface area (Å²) < 4.78 is 0. The van der Waals surface area contributed by atoms with Crippen molar-refractivity contribution >= 4 is 40.4 Å². The van der Waals surface area contributed by atoms with Crippen molar-refractivity contribution in [1.29, 1.82) is 0 Å². The minimum absolute atomic E-state index is 0. The number of nitrogens with zero attached hydrogens (tertiary/aromatic N) is 3. The molecule has 0 saturated carbocycles. The Morgan fingerprint density at radius 3 is 2.28 bits per heavy atom. The molecule has 3 heterocycles. The van der Waals surface area contributed by atoms with Crippen molar-refractivity contribution in [3.63, 3.8) is 0 Å². The van der Waals surface area contributed by atoms with Crippen LogP contribution in [0.5, 0.6) is 5.75 Å². The molecular formula is C29H42N4O5S. The van der Waals surface area contributed by atoms with Crippen LogP contribution in [0.1, 0.15) is 58.6 Å². The van der Waals surface area contributed by atoms with Crippen molar-refractivity contribution in [2.45, 2.75) is 70.7 Å². The third kappa shape index (κ3) is 7.43. The van der Waals surface area contributed by atoms with Gasteiger partial charge in [-0.3, -0.25) is 24.2 Å². The van der Waals surface area contributed by atoms with Crippen molar-refractivity contribution < 1.29 is 25.0 Å². The van der Waals surface area contributed by atoms with E-state index in [1.54, 1.807) is 0 Å². The number of aromatic nitrogens is 1. The van der Waals surface area contributed by atoms with Crippen LogP contribution in [-0.4, -0.2) is 86.0 Å². The van der Waals surface area contributed by atoms with Gasteiger partial charge >= 0.3 is 0 Å². The van der Waals surface area contributed by atoms with Crippen LogP contribution >= 0.6 is 0 Å². The van der Waals surface area contributed by atoms with E-state index in [-0.39, 0.29) is 35.2 Å². The van der Waals surface area contributed by atoms with E-state index in [0.717, 1.165) is 30.6 Å². The van der Waals surface area contributed by atoms with Crippen LogP contribution in [0.4, 0.5) is 0 Å². The van der Waals surface area contributed by atoms with Gasteiger partial charge in [-0.05, 0) is 44.2 Å². The first-order valence-corrected chi connectivity index (χ1v) is 14.5. The normalized spacial score (nSPS) is 16.6. The number of carbonyl (C=O) groups excluding carboxylic acids is 3. The summed E-state index contributed by atoms with van der Waals surface area (Å²) in [4.78, 5) is 45.1. The van der Waals surface area contributed by atoms with Crippen LogP contribution < -0.4 is 0 Å². The number of carbonyl (C=O) groups is 3. The summed E-state index contributed by atoms with van der Waals surface area (Å²) in [7, 11) is 0. The van der Waals surface area contributed by atoms with Gasteiger partial charge in [-0.2, -0.15) is 0 Å². The molecule has 2 aromatic rings. The highest BCUT2D eigenvalue weighted by molar-refractivity contribution is 7.79. The number of H-pyrrole nitrogens is 1. The van der Waals surface area contributed by atoms with Crippen LogP contribution in [0.15, 0.2) is 29.3 Å². The summed E-state index contributed by atoms with van der Waals surface area (Å²) >= 11 is 1.26. The molecular weight excluding hydrogens is 516 g/mol. The van der Waals surface area contributed by atoms with E-state index in [2.05, 4.69) is 44.5 Å². The first kappa shape index (κ1) is 30.7. The number of piperazine rings is 1. The first-order chi connectivity index (χ1) is 17.9. The lowest BCUT2D eigenvalue weighted by atomic mass is 9.88. The topological polar surface area (TPSA) is 127 Å². The fourth-order valence-corrected chi connectivity index (χ4v) is 6.22. The van der Waals surface area contributed by atoms with Crippen LogP contribution in [0, 0.1) is 5.41 Å². The second-order valence-electron chi connectivity index (χ2n) is 11.8. The van der Waals surface area contributed by atoms with Crippen LogP contribution in [0.3, 0.4) is 0 Å². The molecule has 214 valence electrons. The van der Waals surface area contributed by atoms with Crippen LogP contribution in [0.25, 0.3) is 10.9 Å². The molecule has 1 fully saturated rings. The van der Waals surface area contributed by atoms with E-state index in [9.17, 15) is 19.5 Å². The molecule has 0 bridgehead atoms. The monoisotopic (exact) mass is 558 g/mol. The number of hydrogen-bond acceptors (Lipinski definition) is 6. The molecule has 1 aromatic carbocycles. The molecule has 2 aliphatic heterocycles. The fraction of sp³-hybridized carbons (Fsp3) is 0.552. The van der Waals surface area contributed by atoms with E-state index in [1.807, 2.05) is 17.0 Å². The van der Waals surface area contributed by atoms with E-state index in [0.29, 0.717) is 43.5 Å². The van der Waals surface area contributed by atoms with Gasteiger partial charge in [0.1, 0.15) is 11.0 Å². The highest BCUT2D eigenvalue weighted by Crippen LogP contribution is 2.36. The molecule has 3 N–H and O–H groups in total. The Balaban J connectivity index is 0.00000420. The Morgan fingerprint density at radius 1 is 1.05 bits per heavy atom. The summed E-state index contributed by atoms with van der Waals surface area (Å²) in [5.41, 5.74) is 3.42. The molecule has 0 unspecified atom stereocenters. The standard InChI is InChI=1S/C29H40N4O4S.H2O/c1-19(2)38-28-21(17-29(3,4)5)20-8-9-23(34)22(27(20)30-28)18-31-13-15-32(16-14-31)24(35)7-6-12-33-25(36)10-11-26(33)37;/h8-11,19,30,34H,6-7,12-18H2,1-5H3;1H2. The average Bonchev–Trinajstić information content (AvgIpc) is 3.33. The minimum atomic E-state index is -0.308. The van der Waals surface area contributed by atoms with Gasteiger partial charge < -0.3 is 20.5 Å². The molecule has 9 nitrogen and oxygen atoms in total. The van der Waals surface area contributed by atoms with Crippen molar-refractivity contribution in [3.8, 4) is 5.75 Å². The van der Waals surface area contributed by atoms with E-state index >= 15 is 0 Å². The number of benzene rings is 1. The maximum Gasteiger partial charge on any atom is 0.253 e. The predicted molar refractivity (Wildman–Crippen MR) is 154 cm³/mol. The van der Waals surface area contributed by atoms with Crippen molar-refractivity contribution in [2.24, 2.45) is 5.41 Å². The van der Waals surface area contributed by atoms with Gasteiger partial charge in [0.15, 0.2) is 0 Å². The van der Waals surface area contributed by atoms with Crippen LogP contribution in [-0.2, 0) is 39.1 Å². The Morgan fingerprint density at radius 2 is 1.69 bits per heavy atom. The highest BCUT2D eigenvalue weighted by Gasteiger charge is 2.28.